The smallest absolute Gasteiger partial charge is 0.267 e. The fourth-order valence-corrected chi connectivity index (χ4v) is 3.11. The van der Waals surface area contributed by atoms with Crippen molar-refractivity contribution in [1.29, 1.82) is 0 Å². The van der Waals surface area contributed by atoms with Crippen LogP contribution < -0.4 is 10.6 Å². The number of nitrogens with zero attached hydrogens (tertiary/aromatic N) is 3. The molecule has 2 aromatic rings. The van der Waals surface area contributed by atoms with E-state index in [0.717, 1.165) is 15.3 Å². The zero-order valence-corrected chi connectivity index (χ0v) is 17.9. The third-order valence-corrected chi connectivity index (χ3v) is 4.37. The first-order chi connectivity index (χ1) is 12.3. The Bertz CT molecular complexity index is 842. The fourth-order valence-electron chi connectivity index (χ4n) is 2.09. The zero-order valence-electron chi connectivity index (χ0n) is 17.1. The maximum absolute atomic E-state index is 12.7. The minimum absolute atomic E-state index is 0.114. The topological polar surface area (TPSA) is 38.1 Å². The summed E-state index contributed by atoms with van der Waals surface area (Å²) in [6.07, 6.45) is 5.30. The van der Waals surface area contributed by atoms with Crippen LogP contribution in [0.1, 0.15) is 53.3 Å². The van der Waals surface area contributed by atoms with E-state index in [-0.39, 0.29) is 5.56 Å². The van der Waals surface area contributed by atoms with Gasteiger partial charge in [-0.25, -0.2) is 9.66 Å². The number of aromatic nitrogens is 2. The Morgan fingerprint density at radius 1 is 1.19 bits per heavy atom. The van der Waals surface area contributed by atoms with E-state index in [2.05, 4.69) is 24.7 Å². The van der Waals surface area contributed by atoms with E-state index in [1.165, 1.54) is 22.3 Å². The van der Waals surface area contributed by atoms with E-state index in [0.29, 0.717) is 16.8 Å². The van der Waals surface area contributed by atoms with Crippen molar-refractivity contribution >= 4 is 27.1 Å². The molecule has 0 aliphatic heterocycles. The number of hydrogen-bond acceptors (Lipinski definition) is 4. The quantitative estimate of drug-likeness (QED) is 0.607. The van der Waals surface area contributed by atoms with Gasteiger partial charge in [0.05, 0.1) is 5.39 Å². The number of hydrogen-bond donors (Lipinski definition) is 0. The molecule has 0 amide bonds. The second-order valence-electron chi connectivity index (χ2n) is 5.39. The summed E-state index contributed by atoms with van der Waals surface area (Å²) in [4.78, 5) is 18.9. The molecule has 0 aliphatic rings. The van der Waals surface area contributed by atoms with Crippen LogP contribution in [0.3, 0.4) is 0 Å². The van der Waals surface area contributed by atoms with Crippen LogP contribution in [0.2, 0.25) is 0 Å². The van der Waals surface area contributed by atoms with Gasteiger partial charge in [0.25, 0.3) is 5.56 Å². The van der Waals surface area contributed by atoms with Crippen molar-refractivity contribution in [2.24, 2.45) is 0 Å². The average Bonchev–Trinajstić information content (AvgIpc) is 3.03. The van der Waals surface area contributed by atoms with Gasteiger partial charge in [0.15, 0.2) is 0 Å². The van der Waals surface area contributed by atoms with Crippen LogP contribution in [0.4, 0.5) is 0 Å². The van der Waals surface area contributed by atoms with Crippen LogP contribution in [0.25, 0.3) is 15.8 Å². The Hall–Kier alpha value is -2.40. The number of thiophene rings is 1. The van der Waals surface area contributed by atoms with Gasteiger partial charge in [0, 0.05) is 16.3 Å². The van der Waals surface area contributed by atoms with Crippen molar-refractivity contribution in [3.05, 3.63) is 70.9 Å². The van der Waals surface area contributed by atoms with E-state index in [9.17, 15) is 4.79 Å². The van der Waals surface area contributed by atoms with Gasteiger partial charge in [-0.3, -0.25) is 9.80 Å². The minimum Gasteiger partial charge on any atom is -0.267 e. The van der Waals surface area contributed by atoms with Gasteiger partial charge in [-0.15, -0.1) is 17.9 Å². The van der Waals surface area contributed by atoms with Gasteiger partial charge >= 0.3 is 0 Å². The predicted octanol–water partition coefficient (Wildman–Crippen LogP) is 6.10. The summed E-state index contributed by atoms with van der Waals surface area (Å²) < 4.78 is 1.45. The van der Waals surface area contributed by atoms with Gasteiger partial charge in [0.2, 0.25) is 0 Å². The molecule has 2 aromatic heterocycles. The Balaban J connectivity index is 0.00000113. The van der Waals surface area contributed by atoms with Crippen molar-refractivity contribution < 1.29 is 0 Å². The van der Waals surface area contributed by atoms with Crippen LogP contribution in [-0.4, -0.2) is 9.66 Å². The molecule has 26 heavy (non-hydrogen) atoms. The molecule has 142 valence electrons. The minimum atomic E-state index is -0.114. The highest BCUT2D eigenvalue weighted by atomic mass is 32.1. The molecule has 2 rings (SSSR count). The SMILES string of the molecule is C=C(C)N(C(=C)C)n1cnc2sc(/C(C)=C/C)cc2c1=O.C=CC.CC. The van der Waals surface area contributed by atoms with Crippen molar-refractivity contribution in [2.75, 3.05) is 5.01 Å². The lowest BCUT2D eigenvalue weighted by Gasteiger charge is -2.25. The maximum atomic E-state index is 12.7. The van der Waals surface area contributed by atoms with Crippen LogP contribution in [-0.2, 0) is 0 Å². The zero-order chi connectivity index (χ0) is 20.4. The lowest BCUT2D eigenvalue weighted by Crippen LogP contribution is -2.39. The van der Waals surface area contributed by atoms with Gasteiger partial charge in [-0.2, -0.15) is 0 Å². The third-order valence-electron chi connectivity index (χ3n) is 3.20. The van der Waals surface area contributed by atoms with Crippen LogP contribution in [0, 0.1) is 0 Å². The third kappa shape index (κ3) is 5.56. The normalized spacial score (nSPS) is 10.2. The van der Waals surface area contributed by atoms with Crippen LogP contribution in [0.5, 0.6) is 0 Å². The van der Waals surface area contributed by atoms with Gasteiger partial charge in [0.1, 0.15) is 11.2 Å². The predicted molar refractivity (Wildman–Crippen MR) is 118 cm³/mol. The molecule has 0 fully saturated rings. The van der Waals surface area contributed by atoms with Gasteiger partial charge < -0.3 is 0 Å². The van der Waals surface area contributed by atoms with Crippen LogP contribution in [0.15, 0.2) is 60.5 Å². The summed E-state index contributed by atoms with van der Waals surface area (Å²) in [7, 11) is 0. The summed E-state index contributed by atoms with van der Waals surface area (Å²) in [5.41, 5.74) is 2.45. The molecular formula is C21H31N3OS. The summed E-state index contributed by atoms with van der Waals surface area (Å²) in [6, 6.07) is 1.90. The van der Waals surface area contributed by atoms with Gasteiger partial charge in [-0.1, -0.05) is 39.2 Å². The molecule has 0 spiro atoms. The Kier molecular flexibility index (Phi) is 10.2. The van der Waals surface area contributed by atoms with E-state index >= 15 is 0 Å². The van der Waals surface area contributed by atoms with Crippen molar-refractivity contribution in [3.63, 3.8) is 0 Å². The van der Waals surface area contributed by atoms with Crippen molar-refractivity contribution in [1.82, 2.24) is 9.66 Å². The second kappa shape index (κ2) is 11.3. The molecule has 0 aliphatic carbocycles. The fraction of sp³-hybridized carbons (Fsp3) is 0.333. The highest BCUT2D eigenvalue weighted by Crippen LogP contribution is 2.27. The largest absolute Gasteiger partial charge is 0.281 e. The summed E-state index contributed by atoms with van der Waals surface area (Å²) >= 11 is 1.53. The number of rotatable bonds is 4. The highest BCUT2D eigenvalue weighted by molar-refractivity contribution is 7.19. The lowest BCUT2D eigenvalue weighted by molar-refractivity contribution is 0.696. The summed E-state index contributed by atoms with van der Waals surface area (Å²) in [5, 5.41) is 2.28. The first-order valence-electron chi connectivity index (χ1n) is 8.61. The highest BCUT2D eigenvalue weighted by Gasteiger charge is 2.14. The molecule has 0 saturated heterocycles. The average molecular weight is 374 g/mol. The van der Waals surface area contributed by atoms with E-state index in [1.807, 2.05) is 60.6 Å². The monoisotopic (exact) mass is 373 g/mol. The molecule has 4 nitrogen and oxygen atoms in total. The first-order valence-corrected chi connectivity index (χ1v) is 9.43. The molecular weight excluding hydrogens is 342 g/mol. The molecule has 0 N–H and O–H groups in total. The second-order valence-corrected chi connectivity index (χ2v) is 6.42. The first kappa shape index (κ1) is 23.6. The Morgan fingerprint density at radius 2 is 1.69 bits per heavy atom. The lowest BCUT2D eigenvalue weighted by atomic mass is 10.2. The van der Waals surface area contributed by atoms with Gasteiger partial charge in [-0.05, 0) is 46.3 Å². The van der Waals surface area contributed by atoms with E-state index in [4.69, 9.17) is 0 Å². The summed E-state index contributed by atoms with van der Waals surface area (Å²) in [5.74, 6) is 0. The maximum Gasteiger partial charge on any atom is 0.281 e. The molecule has 0 atom stereocenters. The van der Waals surface area contributed by atoms with Crippen molar-refractivity contribution in [2.45, 2.75) is 48.5 Å². The number of allylic oxidation sites excluding steroid dienone is 5. The molecule has 0 unspecified atom stereocenters. The Labute approximate surface area is 161 Å². The number of fused-ring (bicyclic) bond motifs is 1. The van der Waals surface area contributed by atoms with E-state index < -0.39 is 0 Å². The van der Waals surface area contributed by atoms with Crippen molar-refractivity contribution in [3.8, 4) is 0 Å². The standard InChI is InChI=1S/C16H19N3OS.C3H6.C2H6/c1-7-12(6)14-8-13-15(21-14)17-9-18(16(13)20)19(10(2)3)11(4)5;1-3-2;1-2/h7-9H,2,4H2,1,3,5-6H3;3H,1H2,2H3;1-2H3/b12-7+;;. The van der Waals surface area contributed by atoms with E-state index in [1.54, 1.807) is 11.1 Å². The van der Waals surface area contributed by atoms with Crippen LogP contribution >= 0.6 is 11.3 Å². The Morgan fingerprint density at radius 3 is 2.12 bits per heavy atom. The molecule has 0 bridgehead atoms. The molecule has 0 aromatic carbocycles. The molecule has 2 heterocycles. The molecule has 0 saturated carbocycles. The molecule has 0 radical (unpaired) electrons. The molecule has 5 heteroatoms. The summed E-state index contributed by atoms with van der Waals surface area (Å²) in [6.45, 7) is 24.7.